The molecule has 3 heterocycles. The predicted molar refractivity (Wildman–Crippen MR) is 66.5 cm³/mol. The zero-order valence-electron chi connectivity index (χ0n) is 10.4. The fourth-order valence-electron chi connectivity index (χ4n) is 2.89. The predicted octanol–water partition coefficient (Wildman–Crippen LogP) is 0.906. The highest BCUT2D eigenvalue weighted by Crippen LogP contribution is 2.35. The van der Waals surface area contributed by atoms with E-state index in [-0.39, 0.29) is 12.1 Å². The molecule has 1 aromatic heterocycles. The summed E-state index contributed by atoms with van der Waals surface area (Å²) in [5.74, 6) is 0.298. The van der Waals surface area contributed by atoms with Gasteiger partial charge in [-0.2, -0.15) is 5.10 Å². The summed E-state index contributed by atoms with van der Waals surface area (Å²) in [6.45, 7) is 2.92. The summed E-state index contributed by atoms with van der Waals surface area (Å²) in [5, 5.41) is 7.50. The van der Waals surface area contributed by atoms with Crippen molar-refractivity contribution in [1.29, 1.82) is 0 Å². The van der Waals surface area contributed by atoms with Gasteiger partial charge >= 0.3 is 0 Å². The first-order valence-corrected chi connectivity index (χ1v) is 6.43. The Morgan fingerprint density at radius 2 is 2.39 bits per heavy atom. The Morgan fingerprint density at radius 3 is 3.06 bits per heavy atom. The van der Waals surface area contributed by atoms with Gasteiger partial charge in [-0.3, -0.25) is 4.79 Å². The van der Waals surface area contributed by atoms with Gasteiger partial charge in [0.25, 0.3) is 5.91 Å². The number of rotatable bonds is 2. The number of nitrogens with zero attached hydrogens (tertiary/aromatic N) is 2. The van der Waals surface area contributed by atoms with E-state index in [1.54, 1.807) is 6.20 Å². The minimum atomic E-state index is -0.440. The number of ether oxygens (including phenoxy) is 1. The largest absolute Gasteiger partial charge is 0.373 e. The summed E-state index contributed by atoms with van der Waals surface area (Å²) >= 11 is 0. The highest BCUT2D eigenvalue weighted by Gasteiger charge is 2.35. The number of aromatic nitrogens is 2. The molecule has 1 fully saturated rings. The molecule has 98 valence electrons. The number of carbonyl (C=O) groups excluding carboxylic acids is 1. The molecule has 0 radical (unpaired) electrons. The topological polar surface area (TPSA) is 82.2 Å². The van der Waals surface area contributed by atoms with E-state index >= 15 is 0 Å². The summed E-state index contributed by atoms with van der Waals surface area (Å²) in [7, 11) is 0. The third kappa shape index (κ3) is 1.77. The Kier molecular flexibility index (Phi) is 2.74. The molecule has 3 N–H and O–H groups in total. The lowest BCUT2D eigenvalue weighted by Gasteiger charge is -2.30. The fourth-order valence-corrected chi connectivity index (χ4v) is 2.89. The molecule has 1 amide bonds. The molecule has 3 unspecified atom stereocenters. The van der Waals surface area contributed by atoms with E-state index in [1.807, 2.05) is 4.68 Å². The molecular formula is C12H18N4O2. The van der Waals surface area contributed by atoms with E-state index in [0.717, 1.165) is 31.6 Å². The van der Waals surface area contributed by atoms with Gasteiger partial charge in [0.05, 0.1) is 24.4 Å². The molecule has 2 aliphatic heterocycles. The van der Waals surface area contributed by atoms with Gasteiger partial charge < -0.3 is 15.8 Å². The Balaban J connectivity index is 1.90. The summed E-state index contributed by atoms with van der Waals surface area (Å²) in [5.41, 5.74) is 5.80. The van der Waals surface area contributed by atoms with Crippen molar-refractivity contribution >= 4 is 11.7 Å². The molecule has 2 aliphatic rings. The zero-order valence-corrected chi connectivity index (χ0v) is 10.4. The highest BCUT2D eigenvalue weighted by atomic mass is 16.5. The van der Waals surface area contributed by atoms with Crippen LogP contribution in [-0.4, -0.2) is 34.4 Å². The number of amides is 1. The monoisotopic (exact) mass is 250 g/mol. The van der Waals surface area contributed by atoms with Crippen molar-refractivity contribution in [3.05, 3.63) is 11.8 Å². The first-order chi connectivity index (χ1) is 8.66. The van der Waals surface area contributed by atoms with Gasteiger partial charge in [-0.1, -0.05) is 0 Å². The lowest BCUT2D eigenvalue weighted by Crippen LogP contribution is -2.33. The maximum absolute atomic E-state index is 11.3. The molecular weight excluding hydrogens is 232 g/mol. The maximum Gasteiger partial charge on any atom is 0.254 e. The number of carbonyl (C=O) groups is 1. The fraction of sp³-hybridized carbons (Fsp3) is 0.667. The van der Waals surface area contributed by atoms with Gasteiger partial charge in [-0.15, -0.1) is 0 Å². The molecule has 0 spiro atoms. The van der Waals surface area contributed by atoms with Crippen LogP contribution in [0.4, 0.5) is 5.82 Å². The number of hydrogen-bond donors (Lipinski definition) is 2. The van der Waals surface area contributed by atoms with Crippen LogP contribution in [0.2, 0.25) is 0 Å². The smallest absolute Gasteiger partial charge is 0.254 e. The van der Waals surface area contributed by atoms with Crippen LogP contribution in [0.15, 0.2) is 6.20 Å². The summed E-state index contributed by atoms with van der Waals surface area (Å²) in [4.78, 5) is 11.3. The average Bonchev–Trinajstić information content (AvgIpc) is 2.94. The number of fused-ring (bicyclic) bond motifs is 1. The minimum Gasteiger partial charge on any atom is -0.373 e. The first kappa shape index (κ1) is 11.5. The van der Waals surface area contributed by atoms with E-state index in [0.29, 0.717) is 11.7 Å². The Morgan fingerprint density at radius 1 is 1.56 bits per heavy atom. The Hall–Kier alpha value is -1.56. The first-order valence-electron chi connectivity index (χ1n) is 6.43. The second-order valence-electron chi connectivity index (χ2n) is 5.06. The normalized spacial score (nSPS) is 30.8. The lowest BCUT2D eigenvalue weighted by atomic mass is 10.0. The van der Waals surface area contributed by atoms with Gasteiger partial charge in [-0.25, -0.2) is 4.68 Å². The van der Waals surface area contributed by atoms with E-state index in [9.17, 15) is 4.79 Å². The molecule has 18 heavy (non-hydrogen) atoms. The lowest BCUT2D eigenvalue weighted by molar-refractivity contribution is 0.0173. The summed E-state index contributed by atoms with van der Waals surface area (Å²) in [6, 6.07) is 0.208. The molecule has 1 saturated heterocycles. The van der Waals surface area contributed by atoms with E-state index in [1.165, 1.54) is 0 Å². The zero-order chi connectivity index (χ0) is 12.7. The molecule has 3 atom stereocenters. The number of hydrogen-bond acceptors (Lipinski definition) is 4. The summed E-state index contributed by atoms with van der Waals surface area (Å²) < 4.78 is 7.79. The van der Waals surface area contributed by atoms with Crippen LogP contribution in [0.5, 0.6) is 0 Å². The molecule has 6 heteroatoms. The Bertz CT molecular complexity index is 471. The highest BCUT2D eigenvalue weighted by molar-refractivity contribution is 5.97. The van der Waals surface area contributed by atoms with Crippen LogP contribution in [0, 0.1) is 0 Å². The third-order valence-electron chi connectivity index (χ3n) is 3.80. The summed E-state index contributed by atoms with van der Waals surface area (Å²) in [6.07, 6.45) is 5.16. The van der Waals surface area contributed by atoms with Gasteiger partial charge in [-0.05, 0) is 26.2 Å². The van der Waals surface area contributed by atoms with E-state index < -0.39 is 5.91 Å². The Labute approximate surface area is 105 Å². The van der Waals surface area contributed by atoms with Gasteiger partial charge in [0, 0.05) is 6.54 Å². The quantitative estimate of drug-likeness (QED) is 0.817. The van der Waals surface area contributed by atoms with Crippen LogP contribution < -0.4 is 11.1 Å². The van der Waals surface area contributed by atoms with Crippen molar-refractivity contribution < 1.29 is 9.53 Å². The van der Waals surface area contributed by atoms with Gasteiger partial charge in [0.15, 0.2) is 0 Å². The molecule has 1 aromatic rings. The number of nitrogens with two attached hydrogens (primary N) is 1. The van der Waals surface area contributed by atoms with Crippen molar-refractivity contribution in [1.82, 2.24) is 9.78 Å². The molecule has 3 rings (SSSR count). The van der Waals surface area contributed by atoms with Crippen LogP contribution in [0.25, 0.3) is 0 Å². The SMILES string of the molecule is CC1CCC(C2CCNc3c(C(N)=O)cnn32)O1. The average molecular weight is 250 g/mol. The minimum absolute atomic E-state index is 0.196. The number of nitrogens with one attached hydrogen (secondary N) is 1. The second kappa shape index (κ2) is 4.28. The third-order valence-corrected chi connectivity index (χ3v) is 3.80. The molecule has 0 aromatic carbocycles. The molecule has 6 nitrogen and oxygen atoms in total. The van der Waals surface area contributed by atoms with Crippen molar-refractivity contribution in [3.63, 3.8) is 0 Å². The van der Waals surface area contributed by atoms with Crippen molar-refractivity contribution in [2.75, 3.05) is 11.9 Å². The van der Waals surface area contributed by atoms with Crippen molar-refractivity contribution in [2.24, 2.45) is 5.73 Å². The van der Waals surface area contributed by atoms with Gasteiger partial charge in [0.1, 0.15) is 11.4 Å². The standard InChI is InChI=1S/C12H18N4O2/c1-7-2-3-10(18-7)9-4-5-14-12-8(11(13)17)6-15-16(9)12/h6-7,9-10,14H,2-5H2,1H3,(H2,13,17). The van der Waals surface area contributed by atoms with Crippen molar-refractivity contribution in [3.8, 4) is 0 Å². The van der Waals surface area contributed by atoms with Crippen LogP contribution >= 0.6 is 0 Å². The van der Waals surface area contributed by atoms with E-state index in [2.05, 4.69) is 17.3 Å². The van der Waals surface area contributed by atoms with Gasteiger partial charge in [0.2, 0.25) is 0 Å². The molecule has 0 bridgehead atoms. The molecule has 0 aliphatic carbocycles. The van der Waals surface area contributed by atoms with Crippen molar-refractivity contribution in [2.45, 2.75) is 44.4 Å². The number of primary amides is 1. The van der Waals surface area contributed by atoms with E-state index in [4.69, 9.17) is 10.5 Å². The molecule has 0 saturated carbocycles. The second-order valence-corrected chi connectivity index (χ2v) is 5.06. The van der Waals surface area contributed by atoms with Crippen LogP contribution in [0.3, 0.4) is 0 Å². The number of anilines is 1. The van der Waals surface area contributed by atoms with Crippen LogP contribution in [-0.2, 0) is 4.74 Å². The maximum atomic E-state index is 11.3. The van der Waals surface area contributed by atoms with Crippen LogP contribution in [0.1, 0.15) is 42.6 Å².